The van der Waals surface area contributed by atoms with Gasteiger partial charge in [0.25, 0.3) is 0 Å². The molecule has 4 nitrogen and oxygen atoms in total. The minimum Gasteiger partial charge on any atom is -0.481 e. The molecule has 1 aromatic rings. The summed E-state index contributed by atoms with van der Waals surface area (Å²) in [7, 11) is 0. The van der Waals surface area contributed by atoms with Crippen LogP contribution in [0.15, 0.2) is 18.2 Å². The number of benzene rings is 1. The molecule has 1 saturated heterocycles. The third-order valence-electron chi connectivity index (χ3n) is 3.25. The Balaban J connectivity index is 2.21. The molecule has 0 aromatic heterocycles. The molecule has 1 fully saturated rings. The molecule has 1 aliphatic rings. The van der Waals surface area contributed by atoms with Gasteiger partial charge >= 0.3 is 5.97 Å². The second-order valence-corrected chi connectivity index (χ2v) is 4.68. The number of aliphatic carboxylic acids is 1. The van der Waals surface area contributed by atoms with Gasteiger partial charge in [-0.3, -0.25) is 9.59 Å². The summed E-state index contributed by atoms with van der Waals surface area (Å²) in [6, 6.07) is 4.45. The highest BCUT2D eigenvalue weighted by Crippen LogP contribution is 2.25. The molecule has 0 radical (unpaired) electrons. The number of anilines is 1. The van der Waals surface area contributed by atoms with E-state index in [9.17, 15) is 14.0 Å². The Labute approximate surface area is 110 Å². The van der Waals surface area contributed by atoms with E-state index in [1.165, 1.54) is 11.0 Å². The smallest absolute Gasteiger partial charge is 0.303 e. The molecule has 0 bridgehead atoms. The largest absolute Gasteiger partial charge is 0.481 e. The Morgan fingerprint density at radius 3 is 2.84 bits per heavy atom. The lowest BCUT2D eigenvalue weighted by molar-refractivity contribution is -0.137. The van der Waals surface area contributed by atoms with Crippen molar-refractivity contribution in [2.45, 2.75) is 32.1 Å². The number of hydrogen-bond acceptors (Lipinski definition) is 2. The number of nitrogens with zero attached hydrogens (tertiary/aromatic N) is 1. The molecule has 1 amide bonds. The molecule has 1 N–H and O–H groups in total. The zero-order valence-corrected chi connectivity index (χ0v) is 10.6. The van der Waals surface area contributed by atoms with E-state index in [2.05, 4.69) is 0 Å². The van der Waals surface area contributed by atoms with Crippen molar-refractivity contribution in [3.63, 3.8) is 0 Å². The van der Waals surface area contributed by atoms with Gasteiger partial charge in [-0.15, -0.1) is 0 Å². The summed E-state index contributed by atoms with van der Waals surface area (Å²) in [5, 5.41) is 8.65. The van der Waals surface area contributed by atoms with E-state index in [0.717, 1.165) is 18.4 Å². The average molecular weight is 265 g/mol. The SMILES string of the molecule is O=C(O)CCc1ccc(F)c(N2CCCCC2=O)c1. The van der Waals surface area contributed by atoms with Gasteiger partial charge in [0.15, 0.2) is 0 Å². The fraction of sp³-hybridized carbons (Fsp3) is 0.429. The van der Waals surface area contributed by atoms with Crippen molar-refractivity contribution in [3.05, 3.63) is 29.6 Å². The number of halogens is 1. The van der Waals surface area contributed by atoms with Crippen LogP contribution < -0.4 is 4.90 Å². The first-order valence-electron chi connectivity index (χ1n) is 6.38. The minimum atomic E-state index is -0.889. The fourth-order valence-corrected chi connectivity index (χ4v) is 2.23. The first kappa shape index (κ1) is 13.5. The lowest BCUT2D eigenvalue weighted by atomic mass is 10.1. The maximum absolute atomic E-state index is 13.8. The number of carboxylic acid groups (broad SMARTS) is 1. The van der Waals surface area contributed by atoms with Crippen LogP contribution >= 0.6 is 0 Å². The summed E-state index contributed by atoms with van der Waals surface area (Å²) in [4.78, 5) is 23.8. The van der Waals surface area contributed by atoms with Gasteiger partial charge in [0.05, 0.1) is 5.69 Å². The van der Waals surface area contributed by atoms with E-state index in [1.807, 2.05) is 0 Å². The van der Waals surface area contributed by atoms with Crippen LogP contribution in [0, 0.1) is 5.82 Å². The van der Waals surface area contributed by atoms with E-state index in [0.29, 0.717) is 19.4 Å². The van der Waals surface area contributed by atoms with Crippen molar-refractivity contribution in [2.24, 2.45) is 0 Å². The van der Waals surface area contributed by atoms with Gasteiger partial charge in [-0.2, -0.15) is 0 Å². The van der Waals surface area contributed by atoms with Gasteiger partial charge in [0.1, 0.15) is 5.82 Å². The Bertz CT molecular complexity index is 501. The van der Waals surface area contributed by atoms with Gasteiger partial charge < -0.3 is 10.0 Å². The van der Waals surface area contributed by atoms with Gasteiger partial charge in [-0.1, -0.05) is 6.07 Å². The second kappa shape index (κ2) is 5.82. The van der Waals surface area contributed by atoms with Crippen molar-refractivity contribution >= 4 is 17.6 Å². The maximum Gasteiger partial charge on any atom is 0.303 e. The van der Waals surface area contributed by atoms with Crippen LogP contribution in [-0.2, 0) is 16.0 Å². The normalized spacial score (nSPS) is 15.6. The second-order valence-electron chi connectivity index (χ2n) is 4.68. The Morgan fingerprint density at radius 1 is 1.37 bits per heavy atom. The van der Waals surface area contributed by atoms with Crippen molar-refractivity contribution < 1.29 is 19.1 Å². The van der Waals surface area contributed by atoms with Crippen molar-refractivity contribution in [2.75, 3.05) is 11.4 Å². The molecule has 2 rings (SSSR count). The lowest BCUT2D eigenvalue weighted by Gasteiger charge is -2.27. The molecule has 1 aliphatic heterocycles. The predicted molar refractivity (Wildman–Crippen MR) is 68.6 cm³/mol. The Kier molecular flexibility index (Phi) is 4.14. The van der Waals surface area contributed by atoms with Crippen LogP contribution in [0.25, 0.3) is 0 Å². The van der Waals surface area contributed by atoms with Crippen molar-refractivity contribution in [1.29, 1.82) is 0 Å². The fourth-order valence-electron chi connectivity index (χ4n) is 2.23. The summed E-state index contributed by atoms with van der Waals surface area (Å²) in [5.74, 6) is -1.39. The highest BCUT2D eigenvalue weighted by molar-refractivity contribution is 5.94. The zero-order valence-electron chi connectivity index (χ0n) is 10.6. The molecular weight excluding hydrogens is 249 g/mol. The number of hydrogen-bond donors (Lipinski definition) is 1. The third kappa shape index (κ3) is 3.30. The first-order valence-corrected chi connectivity index (χ1v) is 6.38. The lowest BCUT2D eigenvalue weighted by Crippen LogP contribution is -2.35. The quantitative estimate of drug-likeness (QED) is 0.909. The van der Waals surface area contributed by atoms with Crippen molar-refractivity contribution in [1.82, 2.24) is 0 Å². The number of amides is 1. The topological polar surface area (TPSA) is 57.6 Å². The van der Waals surface area contributed by atoms with E-state index in [-0.39, 0.29) is 18.0 Å². The molecule has 102 valence electrons. The standard InChI is InChI=1S/C14H16FNO3/c15-11-6-4-10(5-7-14(18)19)9-12(11)16-8-2-1-3-13(16)17/h4,6,9H,1-3,5,7-8H2,(H,18,19). The summed E-state index contributed by atoms with van der Waals surface area (Å²) >= 11 is 0. The van der Waals surface area contributed by atoms with E-state index < -0.39 is 11.8 Å². The first-order chi connectivity index (χ1) is 9.08. The van der Waals surface area contributed by atoms with Crippen LogP contribution in [0.2, 0.25) is 0 Å². The molecule has 0 unspecified atom stereocenters. The van der Waals surface area contributed by atoms with Crippen molar-refractivity contribution in [3.8, 4) is 0 Å². The number of piperidine rings is 1. The molecule has 1 heterocycles. The molecule has 0 atom stereocenters. The molecular formula is C14H16FNO3. The number of carbonyl (C=O) groups is 2. The predicted octanol–water partition coefficient (Wildman–Crippen LogP) is 2.36. The Hall–Kier alpha value is -1.91. The molecule has 5 heteroatoms. The summed E-state index contributed by atoms with van der Waals surface area (Å²) in [6.45, 7) is 0.526. The number of aryl methyl sites for hydroxylation is 1. The van der Waals surface area contributed by atoms with E-state index in [1.54, 1.807) is 12.1 Å². The van der Waals surface area contributed by atoms with Gasteiger partial charge in [0.2, 0.25) is 5.91 Å². The molecule has 0 saturated carbocycles. The van der Waals surface area contributed by atoms with Gasteiger partial charge in [-0.25, -0.2) is 4.39 Å². The van der Waals surface area contributed by atoms with Gasteiger partial charge in [-0.05, 0) is 37.0 Å². The summed E-state index contributed by atoms with van der Waals surface area (Å²) < 4.78 is 13.8. The molecule has 1 aromatic carbocycles. The maximum atomic E-state index is 13.8. The Morgan fingerprint density at radius 2 is 2.16 bits per heavy atom. The highest BCUT2D eigenvalue weighted by Gasteiger charge is 2.22. The highest BCUT2D eigenvalue weighted by atomic mass is 19.1. The van der Waals surface area contributed by atoms with Crippen LogP contribution in [0.3, 0.4) is 0 Å². The number of carboxylic acids is 1. The number of carbonyl (C=O) groups excluding carboxylic acids is 1. The summed E-state index contributed by atoms with van der Waals surface area (Å²) in [5.41, 5.74) is 1.00. The van der Waals surface area contributed by atoms with Crippen LogP contribution in [-0.4, -0.2) is 23.5 Å². The minimum absolute atomic E-state index is 0.000973. The van der Waals surface area contributed by atoms with Crippen LogP contribution in [0.4, 0.5) is 10.1 Å². The summed E-state index contributed by atoms with van der Waals surface area (Å²) in [6.07, 6.45) is 2.49. The monoisotopic (exact) mass is 265 g/mol. The molecule has 0 aliphatic carbocycles. The molecule has 0 spiro atoms. The van der Waals surface area contributed by atoms with Crippen LogP contribution in [0.5, 0.6) is 0 Å². The average Bonchev–Trinajstić information content (AvgIpc) is 2.38. The zero-order chi connectivity index (χ0) is 13.8. The molecule has 19 heavy (non-hydrogen) atoms. The third-order valence-corrected chi connectivity index (χ3v) is 3.25. The van der Waals surface area contributed by atoms with E-state index >= 15 is 0 Å². The van der Waals surface area contributed by atoms with Gasteiger partial charge in [0, 0.05) is 19.4 Å². The van der Waals surface area contributed by atoms with Crippen LogP contribution in [0.1, 0.15) is 31.2 Å². The van der Waals surface area contributed by atoms with E-state index in [4.69, 9.17) is 5.11 Å². The number of rotatable bonds is 4.